The van der Waals surface area contributed by atoms with Crippen LogP contribution in [0.5, 0.6) is 0 Å². The maximum Gasteiger partial charge on any atom is 0.317 e. The number of carbonyl (C=O) groups excluding carboxylic acids is 1. The van der Waals surface area contributed by atoms with Gasteiger partial charge in [0.1, 0.15) is 0 Å². The van der Waals surface area contributed by atoms with E-state index in [4.69, 9.17) is 5.26 Å². The van der Waals surface area contributed by atoms with Gasteiger partial charge in [0.05, 0.1) is 6.04 Å². The van der Waals surface area contributed by atoms with Crippen LogP contribution in [0.1, 0.15) is 24.3 Å². The van der Waals surface area contributed by atoms with Crippen molar-refractivity contribution in [2.24, 2.45) is 0 Å². The lowest BCUT2D eigenvalue weighted by Crippen LogP contribution is -2.44. The molecule has 0 aliphatic carbocycles. The van der Waals surface area contributed by atoms with Crippen molar-refractivity contribution < 1.29 is 4.79 Å². The van der Waals surface area contributed by atoms with Gasteiger partial charge in [-0.15, -0.1) is 0 Å². The number of benzene rings is 1. The molecule has 1 unspecified atom stereocenters. The lowest BCUT2D eigenvalue weighted by atomic mass is 9.99. The molecule has 2 heterocycles. The second-order valence-electron chi connectivity index (χ2n) is 5.82. The molecule has 0 aromatic heterocycles. The summed E-state index contributed by atoms with van der Waals surface area (Å²) < 4.78 is 0. The molecule has 21 heavy (non-hydrogen) atoms. The Morgan fingerprint density at radius 1 is 1.19 bits per heavy atom. The van der Waals surface area contributed by atoms with E-state index in [-0.39, 0.29) is 12.1 Å². The topological polar surface area (TPSA) is 59.4 Å². The molecule has 1 aromatic rings. The molecule has 5 heteroatoms. The first-order chi connectivity index (χ1) is 10.3. The van der Waals surface area contributed by atoms with E-state index >= 15 is 0 Å². The normalized spacial score (nSPS) is 24.9. The standard InChI is InChI=1S/C16H20N4O/c17-12-19-8-7-15(11-19)18-16(21)20-9-6-14(10-20)13-4-2-1-3-5-13/h1-5,14-15H,6-11H2,(H,18,21)/t14?,15-/m1/s1. The number of hydrogen-bond acceptors (Lipinski definition) is 3. The van der Waals surface area contributed by atoms with E-state index in [1.165, 1.54) is 5.56 Å². The van der Waals surface area contributed by atoms with E-state index in [1.807, 2.05) is 23.1 Å². The van der Waals surface area contributed by atoms with Crippen molar-refractivity contribution in [3.8, 4) is 6.19 Å². The van der Waals surface area contributed by atoms with Crippen LogP contribution >= 0.6 is 0 Å². The molecule has 5 nitrogen and oxygen atoms in total. The number of amides is 2. The Bertz CT molecular complexity index is 539. The van der Waals surface area contributed by atoms with Crippen LogP contribution in [0, 0.1) is 11.5 Å². The highest BCUT2D eigenvalue weighted by Crippen LogP contribution is 2.26. The second kappa shape index (κ2) is 6.04. The minimum atomic E-state index is 0.0122. The van der Waals surface area contributed by atoms with E-state index < -0.39 is 0 Å². The lowest BCUT2D eigenvalue weighted by Gasteiger charge is -2.20. The van der Waals surface area contributed by atoms with Crippen LogP contribution < -0.4 is 5.32 Å². The summed E-state index contributed by atoms with van der Waals surface area (Å²) in [5.41, 5.74) is 1.31. The monoisotopic (exact) mass is 284 g/mol. The van der Waals surface area contributed by atoms with Crippen molar-refractivity contribution in [3.05, 3.63) is 35.9 Å². The van der Waals surface area contributed by atoms with Crippen LogP contribution in [0.3, 0.4) is 0 Å². The predicted octanol–water partition coefficient (Wildman–Crippen LogP) is 1.74. The van der Waals surface area contributed by atoms with E-state index in [2.05, 4.69) is 23.6 Å². The molecule has 2 saturated heterocycles. The summed E-state index contributed by atoms with van der Waals surface area (Å²) in [7, 11) is 0. The Morgan fingerprint density at radius 2 is 2.00 bits per heavy atom. The maximum absolute atomic E-state index is 12.3. The van der Waals surface area contributed by atoms with Gasteiger partial charge in [-0.1, -0.05) is 30.3 Å². The van der Waals surface area contributed by atoms with Gasteiger partial charge in [0.15, 0.2) is 6.19 Å². The fourth-order valence-electron chi connectivity index (χ4n) is 3.18. The molecule has 0 bridgehead atoms. The smallest absolute Gasteiger partial charge is 0.317 e. The number of nitriles is 1. The number of nitrogens with one attached hydrogen (secondary N) is 1. The van der Waals surface area contributed by atoms with Gasteiger partial charge in [-0.3, -0.25) is 0 Å². The molecule has 0 spiro atoms. The first-order valence-electron chi connectivity index (χ1n) is 7.51. The first kappa shape index (κ1) is 13.7. The number of hydrogen-bond donors (Lipinski definition) is 1. The molecular weight excluding hydrogens is 264 g/mol. The second-order valence-corrected chi connectivity index (χ2v) is 5.82. The van der Waals surface area contributed by atoms with Gasteiger partial charge in [0.2, 0.25) is 0 Å². The summed E-state index contributed by atoms with van der Waals surface area (Å²) in [4.78, 5) is 15.9. The van der Waals surface area contributed by atoms with Crippen LogP contribution in [-0.2, 0) is 0 Å². The first-order valence-corrected chi connectivity index (χ1v) is 7.51. The van der Waals surface area contributed by atoms with E-state index in [0.29, 0.717) is 12.5 Å². The highest BCUT2D eigenvalue weighted by Gasteiger charge is 2.30. The Balaban J connectivity index is 1.52. The molecule has 2 amide bonds. The zero-order chi connectivity index (χ0) is 14.7. The van der Waals surface area contributed by atoms with Crippen molar-refractivity contribution in [1.82, 2.24) is 15.1 Å². The van der Waals surface area contributed by atoms with Gasteiger partial charge in [-0.05, 0) is 18.4 Å². The third kappa shape index (κ3) is 3.10. The molecule has 3 rings (SSSR count). The van der Waals surface area contributed by atoms with Crippen LogP contribution in [0.2, 0.25) is 0 Å². The number of urea groups is 1. The highest BCUT2D eigenvalue weighted by molar-refractivity contribution is 5.75. The lowest BCUT2D eigenvalue weighted by molar-refractivity contribution is 0.204. The van der Waals surface area contributed by atoms with Gasteiger partial charge in [-0.2, -0.15) is 5.26 Å². The van der Waals surface area contributed by atoms with Crippen LogP contribution in [0.25, 0.3) is 0 Å². The summed E-state index contributed by atoms with van der Waals surface area (Å²) in [6, 6.07) is 10.5. The largest absolute Gasteiger partial charge is 0.333 e. The van der Waals surface area contributed by atoms with E-state index in [9.17, 15) is 4.79 Å². The Morgan fingerprint density at radius 3 is 2.71 bits per heavy atom. The van der Waals surface area contributed by atoms with Crippen molar-refractivity contribution in [2.75, 3.05) is 26.2 Å². The molecular formula is C16H20N4O. The average Bonchev–Trinajstić information content (AvgIpc) is 3.17. The number of rotatable bonds is 2. The number of carbonyl (C=O) groups is 1. The zero-order valence-corrected chi connectivity index (χ0v) is 12.0. The summed E-state index contributed by atoms with van der Waals surface area (Å²) >= 11 is 0. The molecule has 1 N–H and O–H groups in total. The van der Waals surface area contributed by atoms with Gasteiger partial charge < -0.3 is 15.1 Å². The molecule has 2 fully saturated rings. The summed E-state index contributed by atoms with van der Waals surface area (Å²) in [5, 5.41) is 11.9. The van der Waals surface area contributed by atoms with Gasteiger partial charge >= 0.3 is 6.03 Å². The van der Waals surface area contributed by atoms with E-state index in [0.717, 1.165) is 32.5 Å². The van der Waals surface area contributed by atoms with Gasteiger partial charge in [0, 0.05) is 32.1 Å². The molecule has 0 saturated carbocycles. The predicted molar refractivity (Wildman–Crippen MR) is 79.5 cm³/mol. The molecule has 0 radical (unpaired) electrons. The number of nitrogens with zero attached hydrogens (tertiary/aromatic N) is 3. The molecule has 1 aromatic carbocycles. The third-order valence-electron chi connectivity index (χ3n) is 4.40. The number of likely N-dealkylation sites (tertiary alicyclic amines) is 2. The minimum Gasteiger partial charge on any atom is -0.333 e. The van der Waals surface area contributed by atoms with Crippen LogP contribution in [0.4, 0.5) is 4.79 Å². The Hall–Kier alpha value is -2.22. The summed E-state index contributed by atoms with van der Waals surface area (Å²) in [5.74, 6) is 0.441. The highest BCUT2D eigenvalue weighted by atomic mass is 16.2. The van der Waals surface area contributed by atoms with Crippen molar-refractivity contribution in [1.29, 1.82) is 5.26 Å². The molecule has 2 aliphatic heterocycles. The van der Waals surface area contributed by atoms with Crippen LogP contribution in [0.15, 0.2) is 30.3 Å². The fourth-order valence-corrected chi connectivity index (χ4v) is 3.18. The summed E-state index contributed by atoms with van der Waals surface area (Å²) in [6.45, 7) is 2.97. The SMILES string of the molecule is N#CN1CC[C@@H](NC(=O)N2CCC(c3ccccc3)C2)C1. The maximum atomic E-state index is 12.3. The third-order valence-corrected chi connectivity index (χ3v) is 4.40. The Kier molecular flexibility index (Phi) is 3.96. The van der Waals surface area contributed by atoms with Gasteiger partial charge in [-0.25, -0.2) is 4.79 Å². The van der Waals surface area contributed by atoms with Gasteiger partial charge in [0.25, 0.3) is 0 Å². The molecule has 2 aliphatic rings. The zero-order valence-electron chi connectivity index (χ0n) is 12.0. The van der Waals surface area contributed by atoms with Crippen molar-refractivity contribution in [2.45, 2.75) is 24.8 Å². The average molecular weight is 284 g/mol. The molecule has 2 atom stereocenters. The Labute approximate surface area is 125 Å². The van der Waals surface area contributed by atoms with Crippen molar-refractivity contribution in [3.63, 3.8) is 0 Å². The minimum absolute atomic E-state index is 0.0122. The summed E-state index contributed by atoms with van der Waals surface area (Å²) in [6.07, 6.45) is 4.01. The quantitative estimate of drug-likeness (QED) is 0.842. The fraction of sp³-hybridized carbons (Fsp3) is 0.500. The molecule has 110 valence electrons. The van der Waals surface area contributed by atoms with E-state index in [1.54, 1.807) is 4.90 Å². The van der Waals surface area contributed by atoms with Crippen LogP contribution in [-0.4, -0.2) is 48.1 Å². The van der Waals surface area contributed by atoms with Crippen molar-refractivity contribution >= 4 is 6.03 Å².